The molecule has 3 heteroatoms. The first-order valence-electron chi connectivity index (χ1n) is 3.59. The Balaban J connectivity index is 2.46. The number of methoxy groups -OCH3 is 1. The van der Waals surface area contributed by atoms with E-state index in [1.165, 1.54) is 7.11 Å². The van der Waals surface area contributed by atoms with Crippen molar-refractivity contribution < 1.29 is 9.53 Å². The fourth-order valence-electron chi connectivity index (χ4n) is 1.43. The molecule has 0 spiro atoms. The summed E-state index contributed by atoms with van der Waals surface area (Å²) in [7, 11) is 1.41. The fraction of sp³-hybridized carbons (Fsp3) is 0.857. The number of carbonyl (C=O) groups is 1. The van der Waals surface area contributed by atoms with Crippen LogP contribution < -0.4 is 5.73 Å². The van der Waals surface area contributed by atoms with E-state index in [0.29, 0.717) is 0 Å². The van der Waals surface area contributed by atoms with Crippen molar-refractivity contribution in [2.24, 2.45) is 11.7 Å². The van der Waals surface area contributed by atoms with Gasteiger partial charge in [0.15, 0.2) is 0 Å². The molecule has 2 atom stereocenters. The number of esters is 1. The molecule has 0 aromatic heterocycles. The summed E-state index contributed by atoms with van der Waals surface area (Å²) in [6.45, 7) is 0. The van der Waals surface area contributed by atoms with Crippen LogP contribution in [0.15, 0.2) is 0 Å². The Hall–Kier alpha value is -0.570. The Morgan fingerprint density at radius 3 is 2.70 bits per heavy atom. The van der Waals surface area contributed by atoms with Gasteiger partial charge in [-0.3, -0.25) is 4.79 Å². The lowest BCUT2D eigenvalue weighted by Gasteiger charge is -2.11. The van der Waals surface area contributed by atoms with Gasteiger partial charge in [-0.15, -0.1) is 0 Å². The molecule has 0 aliphatic heterocycles. The van der Waals surface area contributed by atoms with E-state index >= 15 is 0 Å². The topological polar surface area (TPSA) is 52.3 Å². The number of hydrogen-bond donors (Lipinski definition) is 1. The van der Waals surface area contributed by atoms with Crippen LogP contribution in [-0.2, 0) is 9.53 Å². The molecule has 1 fully saturated rings. The molecular formula is C7H13NO2. The fourth-order valence-corrected chi connectivity index (χ4v) is 1.43. The monoisotopic (exact) mass is 143 g/mol. The van der Waals surface area contributed by atoms with E-state index in [-0.39, 0.29) is 17.9 Å². The zero-order chi connectivity index (χ0) is 7.56. The van der Waals surface area contributed by atoms with Crippen LogP contribution in [0.5, 0.6) is 0 Å². The molecule has 58 valence electrons. The first kappa shape index (κ1) is 7.54. The molecule has 10 heavy (non-hydrogen) atoms. The van der Waals surface area contributed by atoms with Gasteiger partial charge in [0.25, 0.3) is 0 Å². The number of carbonyl (C=O) groups excluding carboxylic acids is 1. The summed E-state index contributed by atoms with van der Waals surface area (Å²) in [4.78, 5) is 10.9. The van der Waals surface area contributed by atoms with Crippen molar-refractivity contribution in [1.29, 1.82) is 0 Å². The van der Waals surface area contributed by atoms with Gasteiger partial charge < -0.3 is 10.5 Å². The lowest BCUT2D eigenvalue weighted by atomic mass is 10.1. The van der Waals surface area contributed by atoms with Gasteiger partial charge in [-0.2, -0.15) is 0 Å². The zero-order valence-corrected chi connectivity index (χ0v) is 6.17. The van der Waals surface area contributed by atoms with Crippen LogP contribution >= 0.6 is 0 Å². The molecule has 1 aliphatic rings. The SMILES string of the molecule is COC(=O)[C@H]1CCCC1N. The standard InChI is InChI=1S/C7H13NO2/c1-10-7(9)5-3-2-4-6(5)8/h5-6H,2-4,8H2,1H3/t5-,6?/m0/s1. The van der Waals surface area contributed by atoms with E-state index in [1.807, 2.05) is 0 Å². The van der Waals surface area contributed by atoms with E-state index in [9.17, 15) is 4.79 Å². The Morgan fingerprint density at radius 2 is 2.30 bits per heavy atom. The van der Waals surface area contributed by atoms with Crippen LogP contribution in [-0.4, -0.2) is 19.1 Å². The normalized spacial score (nSPS) is 32.2. The van der Waals surface area contributed by atoms with Crippen LogP contribution in [0.25, 0.3) is 0 Å². The van der Waals surface area contributed by atoms with Gasteiger partial charge in [-0.25, -0.2) is 0 Å². The van der Waals surface area contributed by atoms with Crippen molar-refractivity contribution in [3.63, 3.8) is 0 Å². The van der Waals surface area contributed by atoms with Crippen molar-refractivity contribution in [3.8, 4) is 0 Å². The zero-order valence-electron chi connectivity index (χ0n) is 6.17. The average molecular weight is 143 g/mol. The number of rotatable bonds is 1. The molecule has 2 N–H and O–H groups in total. The van der Waals surface area contributed by atoms with E-state index in [2.05, 4.69) is 4.74 Å². The molecule has 0 aromatic carbocycles. The minimum Gasteiger partial charge on any atom is -0.469 e. The summed E-state index contributed by atoms with van der Waals surface area (Å²) in [5, 5.41) is 0. The first-order valence-corrected chi connectivity index (χ1v) is 3.59. The van der Waals surface area contributed by atoms with E-state index in [1.54, 1.807) is 0 Å². The summed E-state index contributed by atoms with van der Waals surface area (Å²) in [6, 6.07) is 0.0347. The summed E-state index contributed by atoms with van der Waals surface area (Å²) >= 11 is 0. The molecule has 1 unspecified atom stereocenters. The molecule has 0 saturated heterocycles. The van der Waals surface area contributed by atoms with Crippen LogP contribution in [0, 0.1) is 5.92 Å². The van der Waals surface area contributed by atoms with Crippen molar-refractivity contribution >= 4 is 5.97 Å². The first-order chi connectivity index (χ1) is 4.75. The highest BCUT2D eigenvalue weighted by molar-refractivity contribution is 5.73. The third-order valence-corrected chi connectivity index (χ3v) is 2.07. The van der Waals surface area contributed by atoms with Gasteiger partial charge in [0.2, 0.25) is 0 Å². The van der Waals surface area contributed by atoms with Crippen molar-refractivity contribution in [3.05, 3.63) is 0 Å². The summed E-state index contributed by atoms with van der Waals surface area (Å²) in [5.74, 6) is -0.185. The summed E-state index contributed by atoms with van der Waals surface area (Å²) < 4.78 is 4.59. The van der Waals surface area contributed by atoms with Gasteiger partial charge in [0.1, 0.15) is 0 Å². The number of nitrogens with two attached hydrogens (primary N) is 1. The Labute approximate surface area is 60.5 Å². The van der Waals surface area contributed by atoms with Crippen molar-refractivity contribution in [2.45, 2.75) is 25.3 Å². The van der Waals surface area contributed by atoms with Crippen molar-refractivity contribution in [1.82, 2.24) is 0 Å². The maximum absolute atomic E-state index is 10.9. The minimum absolute atomic E-state index is 0.0347. The van der Waals surface area contributed by atoms with Gasteiger partial charge in [0.05, 0.1) is 13.0 Å². The van der Waals surface area contributed by atoms with E-state index in [4.69, 9.17) is 5.73 Å². The second-order valence-corrected chi connectivity index (χ2v) is 2.72. The predicted molar refractivity (Wildman–Crippen MR) is 37.3 cm³/mol. The average Bonchev–Trinajstić information content (AvgIpc) is 2.34. The van der Waals surface area contributed by atoms with Gasteiger partial charge in [-0.05, 0) is 12.8 Å². The van der Waals surface area contributed by atoms with Gasteiger partial charge >= 0.3 is 5.97 Å². The Kier molecular flexibility index (Phi) is 2.27. The molecule has 1 rings (SSSR count). The van der Waals surface area contributed by atoms with E-state index in [0.717, 1.165) is 19.3 Å². The number of hydrogen-bond acceptors (Lipinski definition) is 3. The van der Waals surface area contributed by atoms with Gasteiger partial charge in [0, 0.05) is 6.04 Å². The third-order valence-electron chi connectivity index (χ3n) is 2.07. The largest absolute Gasteiger partial charge is 0.469 e. The van der Waals surface area contributed by atoms with Crippen molar-refractivity contribution in [2.75, 3.05) is 7.11 Å². The maximum atomic E-state index is 10.9. The molecule has 1 aliphatic carbocycles. The van der Waals surface area contributed by atoms with Gasteiger partial charge in [-0.1, -0.05) is 6.42 Å². The quantitative estimate of drug-likeness (QED) is 0.537. The molecule has 0 radical (unpaired) electrons. The second-order valence-electron chi connectivity index (χ2n) is 2.72. The number of ether oxygens (including phenoxy) is 1. The lowest BCUT2D eigenvalue weighted by Crippen LogP contribution is -2.31. The third kappa shape index (κ3) is 1.29. The molecule has 3 nitrogen and oxygen atoms in total. The minimum atomic E-state index is -0.148. The van der Waals surface area contributed by atoms with Crippen LogP contribution in [0.4, 0.5) is 0 Å². The molecule has 0 amide bonds. The highest BCUT2D eigenvalue weighted by Crippen LogP contribution is 2.24. The molecule has 0 aromatic rings. The predicted octanol–water partition coefficient (Wildman–Crippen LogP) is 0.287. The summed E-state index contributed by atoms with van der Waals surface area (Å²) in [5.41, 5.74) is 5.65. The van der Waals surface area contributed by atoms with E-state index < -0.39 is 0 Å². The molecule has 0 bridgehead atoms. The van der Waals surface area contributed by atoms with Crippen LogP contribution in [0.2, 0.25) is 0 Å². The highest BCUT2D eigenvalue weighted by atomic mass is 16.5. The second kappa shape index (κ2) is 3.01. The summed E-state index contributed by atoms with van der Waals surface area (Å²) in [6.07, 6.45) is 2.91. The van der Waals surface area contributed by atoms with Crippen LogP contribution in [0.3, 0.4) is 0 Å². The van der Waals surface area contributed by atoms with Crippen LogP contribution in [0.1, 0.15) is 19.3 Å². The maximum Gasteiger partial charge on any atom is 0.310 e. The molecule has 1 saturated carbocycles. The Bertz CT molecular complexity index is 136. The lowest BCUT2D eigenvalue weighted by molar-refractivity contribution is -0.145. The Morgan fingerprint density at radius 1 is 1.60 bits per heavy atom. The smallest absolute Gasteiger partial charge is 0.310 e. The molecule has 0 heterocycles. The highest BCUT2D eigenvalue weighted by Gasteiger charge is 2.30. The molecular weight excluding hydrogens is 130 g/mol.